The molecule has 4 heteroatoms. The van der Waals surface area contributed by atoms with E-state index in [0.717, 1.165) is 0 Å². The third-order valence-corrected chi connectivity index (χ3v) is 3.08. The van der Waals surface area contributed by atoms with E-state index in [1.54, 1.807) is 0 Å². The molecule has 0 heterocycles. The van der Waals surface area contributed by atoms with Crippen molar-refractivity contribution in [3.05, 3.63) is 0 Å². The maximum absolute atomic E-state index is 11.0. The lowest BCUT2D eigenvalue weighted by Gasteiger charge is -2.26. The molecule has 0 atom stereocenters. The van der Waals surface area contributed by atoms with Crippen LogP contribution in [0.25, 0.3) is 0 Å². The smallest absolute Gasteiger partial charge is 0.309 e. The van der Waals surface area contributed by atoms with Crippen molar-refractivity contribution >= 4 is 29.2 Å². The van der Waals surface area contributed by atoms with E-state index in [0.29, 0.717) is 25.7 Å². The molecule has 0 unspecified atom stereocenters. The molecule has 0 aromatic heterocycles. The van der Waals surface area contributed by atoms with Crippen molar-refractivity contribution in [1.29, 1.82) is 0 Å². The average Bonchev–Trinajstić information content (AvgIpc) is 2.06. The maximum atomic E-state index is 11.0. The normalized spacial score (nSPS) is 12.1. The van der Waals surface area contributed by atoms with Crippen molar-refractivity contribution in [3.63, 3.8) is 0 Å². The van der Waals surface area contributed by atoms with Gasteiger partial charge in [-0.1, -0.05) is 13.8 Å². The van der Waals surface area contributed by atoms with Crippen LogP contribution in [-0.2, 0) is 4.79 Å². The van der Waals surface area contributed by atoms with Crippen molar-refractivity contribution in [1.82, 2.24) is 0 Å². The zero-order valence-electron chi connectivity index (χ0n) is 8.02. The van der Waals surface area contributed by atoms with Crippen molar-refractivity contribution in [2.24, 2.45) is 5.41 Å². The van der Waals surface area contributed by atoms with Crippen LogP contribution < -0.4 is 0 Å². The van der Waals surface area contributed by atoms with E-state index in [2.05, 4.69) is 0 Å². The Hall–Kier alpha value is 0.0500. The molecule has 0 aromatic rings. The molecule has 1 N–H and O–H groups in total. The lowest BCUT2D eigenvalue weighted by atomic mass is 9.78. The highest BCUT2D eigenvalue weighted by Gasteiger charge is 2.34. The molecule has 0 bridgehead atoms. The summed E-state index contributed by atoms with van der Waals surface area (Å²) in [6.07, 6.45) is 2.34. The van der Waals surface area contributed by atoms with Gasteiger partial charge >= 0.3 is 5.97 Å². The Labute approximate surface area is 89.2 Å². The Morgan fingerprint density at radius 2 is 1.85 bits per heavy atom. The predicted octanol–water partition coefficient (Wildman–Crippen LogP) is 3.46. The molecule has 0 saturated carbocycles. The lowest BCUT2D eigenvalue weighted by molar-refractivity contribution is -0.150. The van der Waals surface area contributed by atoms with Crippen molar-refractivity contribution in [2.45, 2.75) is 44.4 Å². The number of aliphatic carboxylic acids is 1. The molecule has 0 aliphatic heterocycles. The van der Waals surface area contributed by atoms with Crippen LogP contribution >= 0.6 is 23.2 Å². The topological polar surface area (TPSA) is 37.3 Å². The molecule has 0 aliphatic rings. The first-order valence-corrected chi connectivity index (χ1v) is 5.37. The summed E-state index contributed by atoms with van der Waals surface area (Å²) in [6, 6.07) is 0. The minimum Gasteiger partial charge on any atom is -0.481 e. The van der Waals surface area contributed by atoms with E-state index in [-0.39, 0.29) is 0 Å². The Morgan fingerprint density at radius 3 is 2.08 bits per heavy atom. The molecule has 0 aliphatic carbocycles. The summed E-state index contributed by atoms with van der Waals surface area (Å²) in [5, 5.41) is 9.05. The first kappa shape index (κ1) is 13.1. The highest BCUT2D eigenvalue weighted by atomic mass is 35.5. The van der Waals surface area contributed by atoms with E-state index >= 15 is 0 Å². The molecule has 0 amide bonds. The van der Waals surface area contributed by atoms with Crippen LogP contribution in [0.15, 0.2) is 0 Å². The Morgan fingerprint density at radius 1 is 1.38 bits per heavy atom. The molecule has 0 fully saturated rings. The van der Waals surface area contributed by atoms with Crippen LogP contribution in [0, 0.1) is 5.41 Å². The SMILES string of the molecule is CCC(CC)(CCC(Cl)Cl)C(=O)O. The fourth-order valence-corrected chi connectivity index (χ4v) is 1.62. The van der Waals surface area contributed by atoms with Gasteiger partial charge in [-0.3, -0.25) is 4.79 Å². The van der Waals surface area contributed by atoms with E-state index in [1.165, 1.54) is 0 Å². The van der Waals surface area contributed by atoms with Crippen LogP contribution in [0.3, 0.4) is 0 Å². The van der Waals surface area contributed by atoms with Gasteiger partial charge < -0.3 is 5.11 Å². The Kier molecular flexibility index (Phi) is 5.73. The predicted molar refractivity (Wildman–Crippen MR) is 55.4 cm³/mol. The highest BCUT2D eigenvalue weighted by Crippen LogP contribution is 2.33. The number of rotatable bonds is 6. The number of hydrogen-bond acceptors (Lipinski definition) is 1. The van der Waals surface area contributed by atoms with Gasteiger partial charge in [0.2, 0.25) is 0 Å². The highest BCUT2D eigenvalue weighted by molar-refractivity contribution is 6.44. The Balaban J connectivity index is 4.31. The molecule has 0 rings (SSSR count). The molecule has 0 aromatic carbocycles. The van der Waals surface area contributed by atoms with Crippen molar-refractivity contribution < 1.29 is 9.90 Å². The third kappa shape index (κ3) is 3.74. The van der Waals surface area contributed by atoms with Gasteiger partial charge in [0.05, 0.1) is 5.41 Å². The fraction of sp³-hybridized carbons (Fsp3) is 0.889. The molecular formula is C9H16Cl2O2. The minimum absolute atomic E-state index is 0.461. The van der Waals surface area contributed by atoms with Crippen LogP contribution in [-0.4, -0.2) is 15.9 Å². The van der Waals surface area contributed by atoms with Gasteiger partial charge in [-0.2, -0.15) is 0 Å². The van der Waals surface area contributed by atoms with Gasteiger partial charge in [0.25, 0.3) is 0 Å². The Bertz CT molecular complexity index is 165. The first-order chi connectivity index (χ1) is 5.98. The molecule has 13 heavy (non-hydrogen) atoms. The number of alkyl halides is 2. The third-order valence-electron chi connectivity index (χ3n) is 2.65. The van der Waals surface area contributed by atoms with E-state index < -0.39 is 16.2 Å². The van der Waals surface area contributed by atoms with Gasteiger partial charge in [-0.05, 0) is 25.7 Å². The van der Waals surface area contributed by atoms with E-state index in [4.69, 9.17) is 28.3 Å². The molecule has 0 saturated heterocycles. The second-order valence-corrected chi connectivity index (χ2v) is 4.50. The van der Waals surface area contributed by atoms with Gasteiger partial charge in [-0.15, -0.1) is 23.2 Å². The standard InChI is InChI=1S/C9H16Cl2O2/c1-3-9(4-2,8(12)13)6-5-7(10)11/h7H,3-6H2,1-2H3,(H,12,13). The second-order valence-electron chi connectivity index (χ2n) is 3.22. The molecular weight excluding hydrogens is 211 g/mol. The largest absolute Gasteiger partial charge is 0.481 e. The number of hydrogen-bond donors (Lipinski definition) is 1. The first-order valence-electron chi connectivity index (χ1n) is 4.50. The van der Waals surface area contributed by atoms with Gasteiger partial charge in [0, 0.05) is 0 Å². The van der Waals surface area contributed by atoms with Crippen LogP contribution in [0.2, 0.25) is 0 Å². The zero-order chi connectivity index (χ0) is 10.5. The maximum Gasteiger partial charge on any atom is 0.309 e. The summed E-state index contributed by atoms with van der Waals surface area (Å²) in [6.45, 7) is 3.77. The van der Waals surface area contributed by atoms with Gasteiger partial charge in [0.1, 0.15) is 4.84 Å². The molecule has 0 spiro atoms. The quantitative estimate of drug-likeness (QED) is 0.705. The van der Waals surface area contributed by atoms with Gasteiger partial charge in [-0.25, -0.2) is 0 Å². The van der Waals surface area contributed by atoms with E-state index in [9.17, 15) is 4.79 Å². The van der Waals surface area contributed by atoms with Crippen LogP contribution in [0.5, 0.6) is 0 Å². The van der Waals surface area contributed by atoms with E-state index in [1.807, 2.05) is 13.8 Å². The second kappa shape index (κ2) is 5.71. The summed E-state index contributed by atoms with van der Waals surface area (Å²) in [5.74, 6) is -0.744. The van der Waals surface area contributed by atoms with Crippen LogP contribution in [0.4, 0.5) is 0 Å². The van der Waals surface area contributed by atoms with Crippen LogP contribution in [0.1, 0.15) is 39.5 Å². The summed E-state index contributed by atoms with van der Waals surface area (Å²) in [5.41, 5.74) is -0.637. The number of carbonyl (C=O) groups is 1. The fourth-order valence-electron chi connectivity index (χ4n) is 1.40. The molecule has 78 valence electrons. The lowest BCUT2D eigenvalue weighted by Crippen LogP contribution is -2.30. The van der Waals surface area contributed by atoms with Gasteiger partial charge in [0.15, 0.2) is 0 Å². The summed E-state index contributed by atoms with van der Waals surface area (Å²) in [7, 11) is 0. The summed E-state index contributed by atoms with van der Waals surface area (Å²) < 4.78 is 0. The summed E-state index contributed by atoms with van der Waals surface area (Å²) in [4.78, 5) is 10.5. The van der Waals surface area contributed by atoms with Crippen molar-refractivity contribution in [3.8, 4) is 0 Å². The summed E-state index contributed by atoms with van der Waals surface area (Å²) >= 11 is 11.1. The molecule has 0 radical (unpaired) electrons. The minimum atomic E-state index is -0.744. The number of halogens is 2. The number of carboxylic acids is 1. The van der Waals surface area contributed by atoms with Crippen molar-refractivity contribution in [2.75, 3.05) is 0 Å². The molecule has 2 nitrogen and oxygen atoms in total. The zero-order valence-corrected chi connectivity index (χ0v) is 9.53. The number of carboxylic acid groups (broad SMARTS) is 1. The average molecular weight is 227 g/mol. The monoisotopic (exact) mass is 226 g/mol.